The molecule has 0 saturated heterocycles. The predicted molar refractivity (Wildman–Crippen MR) is 109 cm³/mol. The first-order chi connectivity index (χ1) is 13.3. The van der Waals surface area contributed by atoms with Crippen LogP contribution in [0.2, 0.25) is 5.02 Å². The molecule has 0 aromatic heterocycles. The number of hydrogen-bond donors (Lipinski definition) is 3. The molecule has 0 saturated carbocycles. The van der Waals surface area contributed by atoms with Gasteiger partial charge in [-0.2, -0.15) is 13.2 Å². The molecule has 160 valence electrons. The van der Waals surface area contributed by atoms with E-state index in [1.54, 1.807) is 31.2 Å². The van der Waals surface area contributed by atoms with Gasteiger partial charge in [-0.25, -0.2) is 0 Å². The van der Waals surface area contributed by atoms with Gasteiger partial charge in [-0.05, 0) is 62.1 Å². The van der Waals surface area contributed by atoms with E-state index in [1.807, 2.05) is 0 Å². The molecule has 29 heavy (non-hydrogen) atoms. The first-order valence-electron chi connectivity index (χ1n) is 8.72. The molecule has 0 aliphatic carbocycles. The number of benzene rings is 2. The van der Waals surface area contributed by atoms with Crippen molar-refractivity contribution < 1.29 is 27.5 Å². The van der Waals surface area contributed by atoms with Crippen molar-refractivity contribution in [3.05, 3.63) is 58.6 Å². The molecular weight excluding hydrogens is 446 g/mol. The molecule has 0 aliphatic rings. The van der Waals surface area contributed by atoms with Crippen molar-refractivity contribution in [3.63, 3.8) is 0 Å². The maximum Gasteiger partial charge on any atom is 0.416 e. The number of aryl methyl sites for hydroxylation is 1. The van der Waals surface area contributed by atoms with Crippen molar-refractivity contribution in [2.45, 2.75) is 47.7 Å². The summed E-state index contributed by atoms with van der Waals surface area (Å²) in [6, 6.07) is 10.4. The van der Waals surface area contributed by atoms with Crippen LogP contribution in [-0.4, -0.2) is 21.5 Å². The summed E-state index contributed by atoms with van der Waals surface area (Å²) in [7, 11) is -4.19. The van der Waals surface area contributed by atoms with Crippen LogP contribution in [0.4, 0.5) is 13.2 Å². The summed E-state index contributed by atoms with van der Waals surface area (Å²) in [5, 5.41) is 0.482. The average Bonchev–Trinajstić information content (AvgIpc) is 2.54. The molecule has 0 amide bonds. The van der Waals surface area contributed by atoms with Gasteiger partial charge in [-0.15, -0.1) is 0 Å². The fourth-order valence-corrected chi connectivity index (χ4v) is 5.25. The molecule has 0 radical (unpaired) electrons. The molecule has 0 spiro atoms. The lowest BCUT2D eigenvalue weighted by Crippen LogP contribution is -2.40. The summed E-state index contributed by atoms with van der Waals surface area (Å²) in [5.41, 5.74) is 5.10. The van der Waals surface area contributed by atoms with Gasteiger partial charge in [0.15, 0.2) is 0 Å². The summed E-state index contributed by atoms with van der Waals surface area (Å²) in [6.45, 7) is 1.60. The maximum absolute atomic E-state index is 12.8. The van der Waals surface area contributed by atoms with E-state index >= 15 is 0 Å². The minimum atomic E-state index is -4.39. The highest BCUT2D eigenvalue weighted by atomic mass is 35.5. The number of halogens is 4. The molecule has 0 aliphatic heterocycles. The SMILES string of the molecule is CC(N)(CCCc1ccc(Sc2cccc(C(F)(F)F)c2)cc1Cl)CP(=O)(O)O. The van der Waals surface area contributed by atoms with Gasteiger partial charge in [-0.1, -0.05) is 35.5 Å². The number of alkyl halides is 3. The number of nitrogens with two attached hydrogens (primary N) is 1. The Morgan fingerprint density at radius 2 is 1.79 bits per heavy atom. The normalized spacial score (nSPS) is 14.6. The zero-order valence-corrected chi connectivity index (χ0v) is 18.1. The third kappa shape index (κ3) is 8.32. The molecule has 1 atom stereocenters. The second-order valence-corrected chi connectivity index (χ2v) is 10.4. The fourth-order valence-electron chi connectivity index (χ4n) is 2.90. The van der Waals surface area contributed by atoms with E-state index in [-0.39, 0.29) is 6.16 Å². The largest absolute Gasteiger partial charge is 0.416 e. The Hall–Kier alpha value is -1.02. The number of hydrogen-bond acceptors (Lipinski definition) is 3. The Labute approximate surface area is 176 Å². The second kappa shape index (κ2) is 9.41. The van der Waals surface area contributed by atoms with E-state index in [9.17, 15) is 17.7 Å². The van der Waals surface area contributed by atoms with E-state index in [2.05, 4.69) is 0 Å². The minimum absolute atomic E-state index is 0.389. The van der Waals surface area contributed by atoms with E-state index in [0.29, 0.717) is 34.1 Å². The van der Waals surface area contributed by atoms with Crippen LogP contribution in [0.5, 0.6) is 0 Å². The summed E-state index contributed by atoms with van der Waals surface area (Å²) < 4.78 is 49.6. The van der Waals surface area contributed by atoms with Gasteiger partial charge in [-0.3, -0.25) is 4.57 Å². The molecule has 2 aromatic rings. The van der Waals surface area contributed by atoms with Crippen molar-refractivity contribution in [2.75, 3.05) is 6.16 Å². The Morgan fingerprint density at radius 3 is 2.38 bits per heavy atom. The first kappa shape index (κ1) is 24.3. The third-order valence-corrected chi connectivity index (χ3v) is 6.65. The van der Waals surface area contributed by atoms with Gasteiger partial charge in [0, 0.05) is 20.4 Å². The molecule has 1 unspecified atom stereocenters. The molecule has 0 bridgehead atoms. The molecule has 4 nitrogen and oxygen atoms in total. The van der Waals surface area contributed by atoms with Crippen molar-refractivity contribution in [1.82, 2.24) is 0 Å². The zero-order valence-electron chi connectivity index (χ0n) is 15.6. The van der Waals surface area contributed by atoms with E-state index in [4.69, 9.17) is 27.1 Å². The topological polar surface area (TPSA) is 83.6 Å². The van der Waals surface area contributed by atoms with Crippen LogP contribution in [0, 0.1) is 0 Å². The Balaban J connectivity index is 1.99. The molecule has 2 aromatic carbocycles. The molecular formula is C19H22ClF3NO3PS. The maximum atomic E-state index is 12.8. The standard InChI is InChI=1S/C19H22ClF3NO3PS/c1-18(24,12-28(25,26)27)9-3-4-13-7-8-16(11-17(13)20)29-15-6-2-5-14(10-15)19(21,22)23/h2,5-8,10-11H,3-4,9,12,24H2,1H3,(H2,25,26,27). The van der Waals surface area contributed by atoms with Crippen LogP contribution in [0.15, 0.2) is 52.3 Å². The van der Waals surface area contributed by atoms with Crippen LogP contribution in [-0.2, 0) is 17.2 Å². The summed E-state index contributed by atoms with van der Waals surface area (Å²) in [6.07, 6.45) is -3.21. The van der Waals surface area contributed by atoms with Crippen molar-refractivity contribution in [2.24, 2.45) is 5.73 Å². The lowest BCUT2D eigenvalue weighted by molar-refractivity contribution is -0.137. The Kier molecular flexibility index (Phi) is 7.87. The van der Waals surface area contributed by atoms with Crippen LogP contribution in [0.25, 0.3) is 0 Å². The molecule has 4 N–H and O–H groups in total. The van der Waals surface area contributed by atoms with Crippen LogP contribution in [0.1, 0.15) is 30.9 Å². The van der Waals surface area contributed by atoms with Gasteiger partial charge in [0.25, 0.3) is 0 Å². The average molecular weight is 468 g/mol. The van der Waals surface area contributed by atoms with Gasteiger partial charge in [0.05, 0.1) is 11.7 Å². The zero-order chi connectivity index (χ0) is 21.9. The summed E-state index contributed by atoms with van der Waals surface area (Å²) >= 11 is 7.49. The predicted octanol–water partition coefficient (Wildman–Crippen LogP) is 5.73. The monoisotopic (exact) mass is 467 g/mol. The quantitative estimate of drug-likeness (QED) is 0.432. The van der Waals surface area contributed by atoms with E-state index in [0.717, 1.165) is 17.7 Å². The van der Waals surface area contributed by atoms with Gasteiger partial charge in [0.1, 0.15) is 0 Å². The molecule has 10 heteroatoms. The Bertz CT molecular complexity index is 903. The van der Waals surface area contributed by atoms with E-state index in [1.165, 1.54) is 17.8 Å². The lowest BCUT2D eigenvalue weighted by Gasteiger charge is -2.24. The molecule has 2 rings (SSSR count). The first-order valence-corrected chi connectivity index (χ1v) is 11.7. The van der Waals surface area contributed by atoms with Crippen LogP contribution < -0.4 is 5.73 Å². The highest BCUT2D eigenvalue weighted by Gasteiger charge is 2.30. The summed E-state index contributed by atoms with van der Waals surface area (Å²) in [5.74, 6) is 0. The smallest absolute Gasteiger partial charge is 0.325 e. The van der Waals surface area contributed by atoms with Gasteiger partial charge >= 0.3 is 13.8 Å². The fraction of sp³-hybridized carbons (Fsp3) is 0.368. The summed E-state index contributed by atoms with van der Waals surface area (Å²) in [4.78, 5) is 19.3. The highest BCUT2D eigenvalue weighted by Crippen LogP contribution is 2.39. The Morgan fingerprint density at radius 1 is 1.14 bits per heavy atom. The highest BCUT2D eigenvalue weighted by molar-refractivity contribution is 7.99. The second-order valence-electron chi connectivity index (χ2n) is 7.21. The van der Waals surface area contributed by atoms with Crippen LogP contribution >= 0.6 is 31.0 Å². The molecule has 0 heterocycles. The third-order valence-electron chi connectivity index (χ3n) is 4.18. The molecule has 0 fully saturated rings. The van der Waals surface area contributed by atoms with Gasteiger partial charge in [0.2, 0.25) is 0 Å². The van der Waals surface area contributed by atoms with Crippen molar-refractivity contribution in [3.8, 4) is 0 Å². The van der Waals surface area contributed by atoms with E-state index < -0.39 is 24.9 Å². The minimum Gasteiger partial charge on any atom is -0.325 e. The van der Waals surface area contributed by atoms with Crippen molar-refractivity contribution >= 4 is 31.0 Å². The van der Waals surface area contributed by atoms with Crippen LogP contribution in [0.3, 0.4) is 0 Å². The van der Waals surface area contributed by atoms with Crippen molar-refractivity contribution in [1.29, 1.82) is 0 Å². The van der Waals surface area contributed by atoms with Gasteiger partial charge < -0.3 is 15.5 Å². The lowest BCUT2D eigenvalue weighted by atomic mass is 9.96. The number of rotatable bonds is 8.